The molecule has 1 N–H and O–H groups in total. The maximum Gasteiger partial charge on any atom is 0.0587 e. The number of hydrogen-bond acceptors (Lipinski definition) is 2. The number of aromatic nitrogens is 1. The molecule has 0 saturated carbocycles. The lowest BCUT2D eigenvalue weighted by Crippen LogP contribution is -2.18. The van der Waals surface area contributed by atoms with Crippen LogP contribution < -0.4 is 5.32 Å². The Kier molecular flexibility index (Phi) is 5.00. The lowest BCUT2D eigenvalue weighted by Gasteiger charge is -2.03. The van der Waals surface area contributed by atoms with Crippen molar-refractivity contribution in [2.24, 2.45) is 0 Å². The van der Waals surface area contributed by atoms with E-state index in [0.29, 0.717) is 0 Å². The SMILES string of the molecule is COCCNCc1ccn(Cc2ccccc2)c1. The van der Waals surface area contributed by atoms with Gasteiger partial charge in [-0.2, -0.15) is 0 Å². The predicted molar refractivity (Wildman–Crippen MR) is 73.6 cm³/mol. The van der Waals surface area contributed by atoms with Gasteiger partial charge in [-0.1, -0.05) is 30.3 Å². The molecule has 0 aliphatic heterocycles. The van der Waals surface area contributed by atoms with Crippen LogP contribution in [0.5, 0.6) is 0 Å². The Hall–Kier alpha value is -1.58. The Morgan fingerprint density at radius 3 is 2.72 bits per heavy atom. The largest absolute Gasteiger partial charge is 0.383 e. The molecular formula is C15H20N2O. The quantitative estimate of drug-likeness (QED) is 0.756. The van der Waals surface area contributed by atoms with E-state index in [2.05, 4.69) is 52.6 Å². The van der Waals surface area contributed by atoms with Crippen LogP contribution in [0.2, 0.25) is 0 Å². The molecule has 3 nitrogen and oxygen atoms in total. The van der Waals surface area contributed by atoms with Gasteiger partial charge in [0.2, 0.25) is 0 Å². The van der Waals surface area contributed by atoms with Crippen LogP contribution in [-0.4, -0.2) is 24.8 Å². The average Bonchev–Trinajstić information content (AvgIpc) is 2.84. The first-order chi connectivity index (χ1) is 8.88. The van der Waals surface area contributed by atoms with Crippen molar-refractivity contribution >= 4 is 0 Å². The Balaban J connectivity index is 1.83. The number of ether oxygens (including phenoxy) is 1. The fourth-order valence-electron chi connectivity index (χ4n) is 1.89. The first-order valence-corrected chi connectivity index (χ1v) is 6.27. The lowest BCUT2D eigenvalue weighted by atomic mass is 10.2. The molecule has 0 amide bonds. The normalized spacial score (nSPS) is 10.7. The van der Waals surface area contributed by atoms with E-state index >= 15 is 0 Å². The van der Waals surface area contributed by atoms with E-state index in [1.807, 2.05) is 6.07 Å². The highest BCUT2D eigenvalue weighted by Gasteiger charge is 1.97. The monoisotopic (exact) mass is 244 g/mol. The molecule has 96 valence electrons. The van der Waals surface area contributed by atoms with Gasteiger partial charge in [-0.15, -0.1) is 0 Å². The van der Waals surface area contributed by atoms with Gasteiger partial charge in [-0.25, -0.2) is 0 Å². The molecule has 1 aromatic carbocycles. The van der Waals surface area contributed by atoms with Gasteiger partial charge in [0.05, 0.1) is 6.61 Å². The summed E-state index contributed by atoms with van der Waals surface area (Å²) >= 11 is 0. The maximum absolute atomic E-state index is 5.00. The first-order valence-electron chi connectivity index (χ1n) is 6.27. The van der Waals surface area contributed by atoms with E-state index in [1.165, 1.54) is 11.1 Å². The topological polar surface area (TPSA) is 26.2 Å². The number of nitrogens with zero attached hydrogens (tertiary/aromatic N) is 1. The second kappa shape index (κ2) is 6.99. The third-order valence-electron chi connectivity index (χ3n) is 2.83. The van der Waals surface area contributed by atoms with E-state index in [1.54, 1.807) is 7.11 Å². The summed E-state index contributed by atoms with van der Waals surface area (Å²) in [7, 11) is 1.72. The molecule has 3 heteroatoms. The summed E-state index contributed by atoms with van der Waals surface area (Å²) in [6, 6.07) is 12.7. The van der Waals surface area contributed by atoms with Crippen LogP contribution in [0.25, 0.3) is 0 Å². The zero-order valence-electron chi connectivity index (χ0n) is 10.8. The van der Waals surface area contributed by atoms with Gasteiger partial charge in [0.25, 0.3) is 0 Å². The van der Waals surface area contributed by atoms with Crippen LogP contribution in [0.1, 0.15) is 11.1 Å². The van der Waals surface area contributed by atoms with Crippen molar-refractivity contribution in [3.8, 4) is 0 Å². The Bertz CT molecular complexity index is 451. The van der Waals surface area contributed by atoms with Gasteiger partial charge >= 0.3 is 0 Å². The standard InChI is InChI=1S/C15H20N2O/c1-18-10-8-16-11-15-7-9-17(13-15)12-14-5-3-2-4-6-14/h2-7,9,13,16H,8,10-12H2,1H3. The van der Waals surface area contributed by atoms with Crippen molar-refractivity contribution in [1.29, 1.82) is 0 Å². The molecular weight excluding hydrogens is 224 g/mol. The Labute approximate surface area is 108 Å². The van der Waals surface area contributed by atoms with E-state index < -0.39 is 0 Å². The van der Waals surface area contributed by atoms with Crippen molar-refractivity contribution < 1.29 is 4.74 Å². The molecule has 0 fully saturated rings. The van der Waals surface area contributed by atoms with Gasteiger partial charge in [-0.05, 0) is 17.2 Å². The number of methoxy groups -OCH3 is 1. The summed E-state index contributed by atoms with van der Waals surface area (Å²) in [4.78, 5) is 0. The third-order valence-corrected chi connectivity index (χ3v) is 2.83. The molecule has 0 unspecified atom stereocenters. The Morgan fingerprint density at radius 2 is 1.94 bits per heavy atom. The smallest absolute Gasteiger partial charge is 0.0587 e. The molecule has 0 spiro atoms. The maximum atomic E-state index is 5.00. The molecule has 2 aromatic rings. The number of hydrogen-bond donors (Lipinski definition) is 1. The van der Waals surface area contributed by atoms with Crippen LogP contribution >= 0.6 is 0 Å². The molecule has 0 atom stereocenters. The van der Waals surface area contributed by atoms with Crippen molar-refractivity contribution in [3.05, 3.63) is 59.9 Å². The molecule has 1 aromatic heterocycles. The number of rotatable bonds is 7. The zero-order chi connectivity index (χ0) is 12.6. The first kappa shape index (κ1) is 12.9. The molecule has 0 saturated heterocycles. The minimum atomic E-state index is 0.755. The van der Waals surface area contributed by atoms with Crippen LogP contribution in [0.3, 0.4) is 0 Å². The molecule has 0 bridgehead atoms. The van der Waals surface area contributed by atoms with Crippen molar-refractivity contribution in [2.45, 2.75) is 13.1 Å². The summed E-state index contributed by atoms with van der Waals surface area (Å²) in [5, 5.41) is 3.34. The van der Waals surface area contributed by atoms with E-state index in [-0.39, 0.29) is 0 Å². The predicted octanol–water partition coefficient (Wildman–Crippen LogP) is 2.27. The van der Waals surface area contributed by atoms with E-state index in [4.69, 9.17) is 4.74 Å². The second-order valence-corrected chi connectivity index (χ2v) is 4.35. The van der Waals surface area contributed by atoms with Crippen LogP contribution in [0, 0.1) is 0 Å². The summed E-state index contributed by atoms with van der Waals surface area (Å²) in [6.07, 6.45) is 4.31. The van der Waals surface area contributed by atoms with Crippen molar-refractivity contribution in [2.75, 3.05) is 20.3 Å². The fraction of sp³-hybridized carbons (Fsp3) is 0.333. The number of benzene rings is 1. The third kappa shape index (κ3) is 4.02. The Morgan fingerprint density at radius 1 is 1.11 bits per heavy atom. The van der Waals surface area contributed by atoms with Crippen LogP contribution in [0.15, 0.2) is 48.8 Å². The molecule has 0 aliphatic rings. The van der Waals surface area contributed by atoms with Crippen molar-refractivity contribution in [1.82, 2.24) is 9.88 Å². The van der Waals surface area contributed by atoms with Crippen LogP contribution in [0.4, 0.5) is 0 Å². The molecule has 1 heterocycles. The second-order valence-electron chi connectivity index (χ2n) is 4.35. The van der Waals surface area contributed by atoms with Gasteiger partial charge in [0.1, 0.15) is 0 Å². The van der Waals surface area contributed by atoms with Gasteiger partial charge in [0, 0.05) is 39.1 Å². The lowest BCUT2D eigenvalue weighted by molar-refractivity contribution is 0.199. The minimum absolute atomic E-state index is 0.755. The number of nitrogens with one attached hydrogen (secondary N) is 1. The summed E-state index contributed by atoms with van der Waals surface area (Å²) in [6.45, 7) is 3.47. The molecule has 0 radical (unpaired) electrons. The summed E-state index contributed by atoms with van der Waals surface area (Å²) in [5.74, 6) is 0. The highest BCUT2D eigenvalue weighted by atomic mass is 16.5. The highest BCUT2D eigenvalue weighted by molar-refractivity contribution is 5.17. The van der Waals surface area contributed by atoms with Crippen molar-refractivity contribution in [3.63, 3.8) is 0 Å². The van der Waals surface area contributed by atoms with Gasteiger partial charge < -0.3 is 14.6 Å². The van der Waals surface area contributed by atoms with Crippen LogP contribution in [-0.2, 0) is 17.8 Å². The summed E-state index contributed by atoms with van der Waals surface area (Å²) < 4.78 is 7.21. The minimum Gasteiger partial charge on any atom is -0.383 e. The van der Waals surface area contributed by atoms with Gasteiger partial charge in [-0.3, -0.25) is 0 Å². The molecule has 2 rings (SSSR count). The highest BCUT2D eigenvalue weighted by Crippen LogP contribution is 2.06. The average molecular weight is 244 g/mol. The summed E-state index contributed by atoms with van der Waals surface area (Å²) in [5.41, 5.74) is 2.63. The van der Waals surface area contributed by atoms with E-state index in [0.717, 1.165) is 26.2 Å². The molecule has 0 aliphatic carbocycles. The zero-order valence-corrected chi connectivity index (χ0v) is 10.8. The van der Waals surface area contributed by atoms with E-state index in [9.17, 15) is 0 Å². The van der Waals surface area contributed by atoms with Gasteiger partial charge in [0.15, 0.2) is 0 Å². The fourth-order valence-corrected chi connectivity index (χ4v) is 1.89. The molecule has 18 heavy (non-hydrogen) atoms.